The maximum absolute atomic E-state index is 13.2. The van der Waals surface area contributed by atoms with Crippen molar-refractivity contribution in [3.05, 3.63) is 113 Å². The van der Waals surface area contributed by atoms with Gasteiger partial charge in [-0.05, 0) is 60.8 Å². The molecule has 41 heavy (non-hydrogen) atoms. The lowest BCUT2D eigenvalue weighted by atomic mass is 10.2. The normalized spacial score (nSPS) is 12.0. The molecule has 3 N–H and O–H groups in total. The molecule has 1 unspecified atom stereocenters. The van der Waals surface area contributed by atoms with E-state index in [-0.39, 0.29) is 11.6 Å². The summed E-state index contributed by atoms with van der Waals surface area (Å²) in [6.07, 6.45) is 2.94. The van der Waals surface area contributed by atoms with Crippen molar-refractivity contribution in [2.24, 2.45) is 0 Å². The summed E-state index contributed by atoms with van der Waals surface area (Å²) in [6, 6.07) is 23.1. The van der Waals surface area contributed by atoms with Gasteiger partial charge in [-0.15, -0.1) is 34.4 Å². The summed E-state index contributed by atoms with van der Waals surface area (Å²) in [7, 11) is 0. The zero-order valence-electron chi connectivity index (χ0n) is 21.7. The van der Waals surface area contributed by atoms with Crippen LogP contribution in [-0.4, -0.2) is 28.0 Å². The number of thiazole rings is 1. The molecule has 5 rings (SSSR count). The van der Waals surface area contributed by atoms with Gasteiger partial charge in [-0.3, -0.25) is 14.4 Å². The Hall–Kier alpha value is -4.45. The Kier molecular flexibility index (Phi) is 9.09. The molecule has 2 aromatic carbocycles. The fourth-order valence-electron chi connectivity index (χ4n) is 3.64. The second kappa shape index (κ2) is 13.3. The van der Waals surface area contributed by atoms with Gasteiger partial charge in [0, 0.05) is 27.6 Å². The first kappa shape index (κ1) is 28.1. The first-order valence-electron chi connectivity index (χ1n) is 12.4. The molecule has 3 aromatic heterocycles. The van der Waals surface area contributed by atoms with Gasteiger partial charge in [0.2, 0.25) is 5.91 Å². The fraction of sp³-hybridized carbons (Fsp3) is 0.0667. The number of nitrogens with one attached hydrogen (secondary N) is 3. The van der Waals surface area contributed by atoms with Gasteiger partial charge in [-0.2, -0.15) is 0 Å². The quantitative estimate of drug-likeness (QED) is 0.118. The number of amides is 3. The Labute approximate surface area is 248 Å². The van der Waals surface area contributed by atoms with Crippen molar-refractivity contribution in [1.82, 2.24) is 10.3 Å². The van der Waals surface area contributed by atoms with Gasteiger partial charge in [0.1, 0.15) is 11.5 Å². The highest BCUT2D eigenvalue weighted by Gasteiger charge is 2.19. The van der Waals surface area contributed by atoms with Crippen LogP contribution < -0.4 is 16.0 Å². The summed E-state index contributed by atoms with van der Waals surface area (Å²) < 4.78 is 5.35. The first-order valence-corrected chi connectivity index (χ1v) is 15.1. The van der Waals surface area contributed by atoms with E-state index in [0.717, 1.165) is 15.5 Å². The lowest BCUT2D eigenvalue weighted by Gasteiger charge is -2.13. The first-order chi connectivity index (χ1) is 19.9. The van der Waals surface area contributed by atoms with Crippen LogP contribution in [0.3, 0.4) is 0 Å². The van der Waals surface area contributed by atoms with E-state index in [9.17, 15) is 14.4 Å². The summed E-state index contributed by atoms with van der Waals surface area (Å²) in [5, 5.41) is 12.4. The minimum Gasteiger partial charge on any atom is -0.465 e. The number of hydrogen-bond acceptors (Lipinski definition) is 8. The number of rotatable bonds is 10. The van der Waals surface area contributed by atoms with Crippen molar-refractivity contribution >= 4 is 69.1 Å². The number of thiophene rings is 1. The summed E-state index contributed by atoms with van der Waals surface area (Å²) in [4.78, 5) is 45.2. The summed E-state index contributed by atoms with van der Waals surface area (Å²) >= 11 is 4.33. The summed E-state index contributed by atoms with van der Waals surface area (Å²) in [6.45, 7) is 1.81. The van der Waals surface area contributed by atoms with Gasteiger partial charge in [0.05, 0.1) is 22.1 Å². The molecule has 0 aliphatic heterocycles. The molecule has 3 amide bonds. The largest absolute Gasteiger partial charge is 0.465 e. The Morgan fingerprint density at radius 1 is 0.951 bits per heavy atom. The van der Waals surface area contributed by atoms with Gasteiger partial charge in [0.15, 0.2) is 5.13 Å². The van der Waals surface area contributed by atoms with Gasteiger partial charge in [-0.25, -0.2) is 4.98 Å². The van der Waals surface area contributed by atoms with Crippen molar-refractivity contribution in [2.45, 2.75) is 17.1 Å². The molecule has 0 bridgehead atoms. The second-order valence-corrected chi connectivity index (χ2v) is 11.9. The van der Waals surface area contributed by atoms with Crippen LogP contribution in [-0.2, 0) is 9.59 Å². The number of anilines is 2. The molecule has 0 radical (unpaired) electrons. The number of furan rings is 1. The lowest BCUT2D eigenvalue weighted by molar-refractivity contribution is -0.115. The third kappa shape index (κ3) is 7.60. The van der Waals surface area contributed by atoms with Crippen molar-refractivity contribution in [1.29, 1.82) is 0 Å². The van der Waals surface area contributed by atoms with Gasteiger partial charge in [-0.1, -0.05) is 30.3 Å². The predicted octanol–water partition coefficient (Wildman–Crippen LogP) is 6.99. The van der Waals surface area contributed by atoms with Crippen LogP contribution in [0.4, 0.5) is 10.8 Å². The van der Waals surface area contributed by atoms with Crippen LogP contribution in [0.5, 0.6) is 0 Å². The average molecular weight is 601 g/mol. The average Bonchev–Trinajstić information content (AvgIpc) is 3.77. The monoisotopic (exact) mass is 600 g/mol. The third-order valence-corrected chi connectivity index (χ3v) is 8.38. The molecule has 206 valence electrons. The molecule has 0 aliphatic rings. The molecule has 0 saturated heterocycles. The van der Waals surface area contributed by atoms with Crippen molar-refractivity contribution < 1.29 is 18.8 Å². The van der Waals surface area contributed by atoms with Crippen LogP contribution in [0.25, 0.3) is 16.6 Å². The summed E-state index contributed by atoms with van der Waals surface area (Å²) in [5.74, 6) is -0.714. The standard InChI is InChI=1S/C30H24N4O4S3/c1-19(27(35)34-30-33-25(18-40-30)26-13-7-15-39-26)41-23-12-5-10-21(16-23)31-29(37)24(17-22-11-6-14-38-22)32-28(36)20-8-3-2-4-9-20/h2-19H,1H3,(H,31,37)(H,32,36)(H,33,34,35)/b24-17-. The van der Waals surface area contributed by atoms with E-state index >= 15 is 0 Å². The van der Waals surface area contributed by atoms with E-state index in [2.05, 4.69) is 20.9 Å². The van der Waals surface area contributed by atoms with E-state index in [4.69, 9.17) is 4.42 Å². The smallest absolute Gasteiger partial charge is 0.272 e. The van der Waals surface area contributed by atoms with E-state index in [1.807, 2.05) is 35.9 Å². The molecule has 5 aromatic rings. The molecule has 1 atom stereocenters. The highest BCUT2D eigenvalue weighted by Crippen LogP contribution is 2.30. The number of thioether (sulfide) groups is 1. The van der Waals surface area contributed by atoms with Crippen molar-refractivity contribution in [2.75, 3.05) is 10.6 Å². The number of carbonyl (C=O) groups is 3. The van der Waals surface area contributed by atoms with Crippen molar-refractivity contribution in [3.8, 4) is 10.6 Å². The molecule has 0 spiro atoms. The van der Waals surface area contributed by atoms with Crippen LogP contribution in [0.15, 0.2) is 111 Å². The third-order valence-electron chi connectivity index (χ3n) is 5.64. The SMILES string of the molecule is CC(Sc1cccc(NC(=O)/C(=C/c2ccco2)NC(=O)c2ccccc2)c1)C(=O)Nc1nc(-c2cccs2)cs1. The van der Waals surface area contributed by atoms with Gasteiger partial charge >= 0.3 is 0 Å². The van der Waals surface area contributed by atoms with Crippen LogP contribution in [0.1, 0.15) is 23.0 Å². The van der Waals surface area contributed by atoms with Gasteiger partial charge in [0.25, 0.3) is 11.8 Å². The highest BCUT2D eigenvalue weighted by atomic mass is 32.2. The molecular weight excluding hydrogens is 577 g/mol. The second-order valence-electron chi connectivity index (χ2n) is 8.64. The Bertz CT molecular complexity index is 1660. The Balaban J connectivity index is 1.23. The van der Waals surface area contributed by atoms with Crippen LogP contribution in [0.2, 0.25) is 0 Å². The van der Waals surface area contributed by atoms with Crippen molar-refractivity contribution in [3.63, 3.8) is 0 Å². The van der Waals surface area contributed by atoms with Gasteiger partial charge < -0.3 is 20.4 Å². The molecular formula is C30H24N4O4S3. The van der Waals surface area contributed by atoms with E-state index in [1.54, 1.807) is 72.0 Å². The minimum absolute atomic E-state index is 0.0185. The zero-order valence-corrected chi connectivity index (χ0v) is 24.1. The number of benzene rings is 2. The Morgan fingerprint density at radius 3 is 2.56 bits per heavy atom. The molecule has 0 aliphatic carbocycles. The maximum Gasteiger partial charge on any atom is 0.272 e. The molecule has 0 fully saturated rings. The topological polar surface area (TPSA) is 113 Å². The molecule has 8 nitrogen and oxygen atoms in total. The maximum atomic E-state index is 13.2. The lowest BCUT2D eigenvalue weighted by Crippen LogP contribution is -2.30. The molecule has 3 heterocycles. The predicted molar refractivity (Wildman–Crippen MR) is 165 cm³/mol. The Morgan fingerprint density at radius 2 is 1.80 bits per heavy atom. The van der Waals surface area contributed by atoms with Crippen LogP contribution >= 0.6 is 34.4 Å². The van der Waals surface area contributed by atoms with E-state index < -0.39 is 17.1 Å². The number of nitrogens with zero attached hydrogens (tertiary/aromatic N) is 1. The highest BCUT2D eigenvalue weighted by molar-refractivity contribution is 8.00. The molecule has 11 heteroatoms. The number of aromatic nitrogens is 1. The molecule has 0 saturated carbocycles. The zero-order chi connectivity index (χ0) is 28.6. The van der Waals surface area contributed by atoms with E-state index in [0.29, 0.717) is 22.1 Å². The number of hydrogen-bond donors (Lipinski definition) is 3. The minimum atomic E-state index is -0.524. The summed E-state index contributed by atoms with van der Waals surface area (Å²) in [5.41, 5.74) is 1.78. The van der Waals surface area contributed by atoms with Crippen LogP contribution in [0, 0.1) is 0 Å². The number of carbonyl (C=O) groups excluding carboxylic acids is 3. The van der Waals surface area contributed by atoms with E-state index in [1.165, 1.54) is 35.4 Å². The fourth-order valence-corrected chi connectivity index (χ4v) is 6.04.